The fourth-order valence-corrected chi connectivity index (χ4v) is 3.16. The summed E-state index contributed by atoms with van der Waals surface area (Å²) in [5, 5.41) is 1.08. The molecule has 0 aliphatic heterocycles. The van der Waals surface area contributed by atoms with Crippen LogP contribution in [0.25, 0.3) is 27.6 Å². The van der Waals surface area contributed by atoms with Gasteiger partial charge < -0.3 is 4.40 Å². The summed E-state index contributed by atoms with van der Waals surface area (Å²) < 4.78 is 2.07. The monoisotopic (exact) mass is 355 g/mol. The van der Waals surface area contributed by atoms with E-state index in [9.17, 15) is 0 Å². The molecule has 5 aromatic rings. The summed E-state index contributed by atoms with van der Waals surface area (Å²) in [4.78, 5) is 18.2. The zero-order valence-corrected chi connectivity index (χ0v) is 15.5. The molecular formula is C22H21N5. The van der Waals surface area contributed by atoms with Crippen LogP contribution in [-0.4, -0.2) is 24.3 Å². The Kier molecular flexibility index (Phi) is 4.75. The van der Waals surface area contributed by atoms with Crippen LogP contribution >= 0.6 is 0 Å². The van der Waals surface area contributed by atoms with Crippen molar-refractivity contribution in [1.29, 1.82) is 0 Å². The third-order valence-corrected chi connectivity index (χ3v) is 4.41. The van der Waals surface area contributed by atoms with Gasteiger partial charge in [0, 0.05) is 35.9 Å². The van der Waals surface area contributed by atoms with Crippen molar-refractivity contribution in [1.82, 2.24) is 24.3 Å². The minimum absolute atomic E-state index is 0.849. The van der Waals surface area contributed by atoms with Crippen molar-refractivity contribution in [3.8, 4) is 0 Å². The minimum Gasteiger partial charge on any atom is -0.306 e. The van der Waals surface area contributed by atoms with Gasteiger partial charge in [-0.05, 0) is 55.3 Å². The Bertz CT molecular complexity index is 1210. The molecule has 0 unspecified atom stereocenters. The minimum atomic E-state index is 0.849. The third-order valence-electron chi connectivity index (χ3n) is 4.41. The van der Waals surface area contributed by atoms with Crippen LogP contribution in [0.5, 0.6) is 0 Å². The lowest BCUT2D eigenvalue weighted by atomic mass is 10.2. The lowest BCUT2D eigenvalue weighted by Crippen LogP contribution is -1.95. The molecule has 0 N–H and O–H groups in total. The highest BCUT2D eigenvalue weighted by Crippen LogP contribution is 2.18. The first-order chi connectivity index (χ1) is 13.4. The summed E-state index contributed by atoms with van der Waals surface area (Å²) >= 11 is 0. The lowest BCUT2D eigenvalue weighted by Gasteiger charge is -2.01. The van der Waals surface area contributed by atoms with Gasteiger partial charge >= 0.3 is 0 Å². The van der Waals surface area contributed by atoms with Gasteiger partial charge in [0.1, 0.15) is 5.65 Å². The van der Waals surface area contributed by atoms with Gasteiger partial charge in [-0.15, -0.1) is 0 Å². The molecule has 0 bridgehead atoms. The second-order valence-electron chi connectivity index (χ2n) is 6.06. The van der Waals surface area contributed by atoms with Gasteiger partial charge in [0.05, 0.1) is 22.2 Å². The van der Waals surface area contributed by atoms with Crippen LogP contribution in [0.4, 0.5) is 0 Å². The molecule has 0 fully saturated rings. The van der Waals surface area contributed by atoms with Gasteiger partial charge in [0.15, 0.2) is 0 Å². The van der Waals surface area contributed by atoms with E-state index in [2.05, 4.69) is 31.6 Å². The van der Waals surface area contributed by atoms with E-state index < -0.39 is 0 Å². The number of fused-ring (bicyclic) bond motifs is 4. The Labute approximate surface area is 157 Å². The van der Waals surface area contributed by atoms with E-state index in [1.54, 1.807) is 6.20 Å². The van der Waals surface area contributed by atoms with Crippen LogP contribution in [0, 0.1) is 0 Å². The number of pyridine rings is 4. The summed E-state index contributed by atoms with van der Waals surface area (Å²) in [6, 6.07) is 14.0. The van der Waals surface area contributed by atoms with Crippen LogP contribution in [-0.2, 0) is 12.8 Å². The molecule has 0 atom stereocenters. The van der Waals surface area contributed by atoms with Crippen molar-refractivity contribution in [3.63, 3.8) is 0 Å². The Morgan fingerprint density at radius 3 is 2.41 bits per heavy atom. The van der Waals surface area contributed by atoms with Gasteiger partial charge in [-0.25, -0.2) is 4.98 Å². The van der Waals surface area contributed by atoms with Crippen LogP contribution in [0.15, 0.2) is 67.3 Å². The number of nitrogens with zero attached hydrogens (tertiary/aromatic N) is 5. The molecule has 0 aromatic carbocycles. The number of aryl methyl sites for hydroxylation is 2. The summed E-state index contributed by atoms with van der Waals surface area (Å²) in [5.41, 5.74) is 5.91. The van der Waals surface area contributed by atoms with Crippen LogP contribution in [0.1, 0.15) is 25.2 Å². The van der Waals surface area contributed by atoms with E-state index in [0.717, 1.165) is 51.8 Å². The first kappa shape index (κ1) is 17.1. The highest BCUT2D eigenvalue weighted by Gasteiger charge is 2.07. The molecule has 0 saturated carbocycles. The van der Waals surface area contributed by atoms with Crippen LogP contribution < -0.4 is 0 Å². The fraction of sp³-hybridized carbons (Fsp3) is 0.182. The maximum atomic E-state index is 4.80. The predicted octanol–water partition coefficient (Wildman–Crippen LogP) is 4.64. The topological polar surface area (TPSA) is 56.0 Å². The number of hydrogen-bond donors (Lipinski definition) is 0. The highest BCUT2D eigenvalue weighted by atomic mass is 15.0. The smallest absolute Gasteiger partial charge is 0.146 e. The normalized spacial score (nSPS) is 10.9. The molecular weight excluding hydrogens is 334 g/mol. The van der Waals surface area contributed by atoms with Gasteiger partial charge in [0.2, 0.25) is 0 Å². The average Bonchev–Trinajstić information content (AvgIpc) is 3.17. The van der Waals surface area contributed by atoms with E-state index >= 15 is 0 Å². The molecule has 0 aliphatic carbocycles. The molecule has 0 aliphatic rings. The van der Waals surface area contributed by atoms with Crippen molar-refractivity contribution < 1.29 is 0 Å². The molecule has 5 heterocycles. The molecule has 0 amide bonds. The van der Waals surface area contributed by atoms with Gasteiger partial charge in [-0.3, -0.25) is 15.0 Å². The van der Waals surface area contributed by atoms with Crippen molar-refractivity contribution >= 4 is 27.6 Å². The largest absolute Gasteiger partial charge is 0.306 e. The predicted molar refractivity (Wildman–Crippen MR) is 109 cm³/mol. The molecule has 5 aromatic heterocycles. The molecule has 0 spiro atoms. The van der Waals surface area contributed by atoms with Crippen molar-refractivity contribution in [2.24, 2.45) is 0 Å². The second-order valence-corrected chi connectivity index (χ2v) is 6.06. The number of rotatable bonds is 3. The molecule has 5 rings (SSSR count). The quantitative estimate of drug-likeness (QED) is 0.473. The molecule has 134 valence electrons. The van der Waals surface area contributed by atoms with E-state index in [1.807, 2.05) is 62.6 Å². The van der Waals surface area contributed by atoms with Crippen molar-refractivity contribution in [2.45, 2.75) is 26.7 Å². The Morgan fingerprint density at radius 2 is 1.52 bits per heavy atom. The molecule has 5 nitrogen and oxygen atoms in total. The summed E-state index contributed by atoms with van der Waals surface area (Å²) in [7, 11) is 0. The standard InChI is InChI=1S/C20H15N5.C2H6/c1-3-16-17(21-10-1)9-12-25-13-15(24-20(16)25)6-5-14-7-8-18-19(23-14)4-2-11-22-18;1-2/h1-4,7-13H,5-6H2;1-2H3. The number of hydrogen-bond acceptors (Lipinski definition) is 4. The Hall–Kier alpha value is -3.34. The van der Waals surface area contributed by atoms with Crippen LogP contribution in [0.2, 0.25) is 0 Å². The zero-order chi connectivity index (χ0) is 18.6. The summed E-state index contributed by atoms with van der Waals surface area (Å²) in [5.74, 6) is 0. The van der Waals surface area contributed by atoms with E-state index in [0.29, 0.717) is 0 Å². The van der Waals surface area contributed by atoms with Crippen molar-refractivity contribution in [2.75, 3.05) is 0 Å². The van der Waals surface area contributed by atoms with Crippen molar-refractivity contribution in [3.05, 3.63) is 78.6 Å². The maximum Gasteiger partial charge on any atom is 0.146 e. The lowest BCUT2D eigenvalue weighted by molar-refractivity contribution is 0.896. The Morgan fingerprint density at radius 1 is 0.741 bits per heavy atom. The van der Waals surface area contributed by atoms with Gasteiger partial charge in [-0.1, -0.05) is 13.8 Å². The summed E-state index contributed by atoms with van der Waals surface area (Å²) in [6.07, 6.45) is 9.40. The average molecular weight is 355 g/mol. The number of imidazole rings is 1. The maximum absolute atomic E-state index is 4.80. The second kappa shape index (κ2) is 7.50. The van der Waals surface area contributed by atoms with E-state index in [4.69, 9.17) is 4.98 Å². The molecule has 27 heavy (non-hydrogen) atoms. The SMILES string of the molecule is CC.c1cnc2ccc(CCc3cn4ccc5ncccc5c4n3)nc2c1. The summed E-state index contributed by atoms with van der Waals surface area (Å²) in [6.45, 7) is 4.00. The Balaban J connectivity index is 0.000000872. The molecule has 5 heteroatoms. The molecule has 0 radical (unpaired) electrons. The van der Waals surface area contributed by atoms with Gasteiger partial charge in [0.25, 0.3) is 0 Å². The fourth-order valence-electron chi connectivity index (χ4n) is 3.16. The van der Waals surface area contributed by atoms with Crippen LogP contribution in [0.3, 0.4) is 0 Å². The van der Waals surface area contributed by atoms with E-state index in [-0.39, 0.29) is 0 Å². The van der Waals surface area contributed by atoms with E-state index in [1.165, 1.54) is 0 Å². The highest BCUT2D eigenvalue weighted by molar-refractivity contribution is 5.91. The zero-order valence-electron chi connectivity index (χ0n) is 15.5. The first-order valence-electron chi connectivity index (χ1n) is 9.29. The number of aromatic nitrogens is 5. The third kappa shape index (κ3) is 3.36. The van der Waals surface area contributed by atoms with Gasteiger partial charge in [-0.2, -0.15) is 0 Å². The first-order valence-corrected chi connectivity index (χ1v) is 9.29. The molecule has 0 saturated heterocycles.